The fourth-order valence-electron chi connectivity index (χ4n) is 6.00. The Morgan fingerprint density at radius 3 is 2.20 bits per heavy atom. The van der Waals surface area contributed by atoms with Crippen molar-refractivity contribution in [3.05, 3.63) is 82.4 Å². The van der Waals surface area contributed by atoms with Crippen LogP contribution in [0.3, 0.4) is 0 Å². The van der Waals surface area contributed by atoms with Gasteiger partial charge in [0.05, 0.1) is 24.8 Å². The summed E-state index contributed by atoms with van der Waals surface area (Å²) in [5, 5.41) is 3.61. The molecular weight excluding hydrogens is 626 g/mol. The first-order valence-corrected chi connectivity index (χ1v) is 17.5. The van der Waals surface area contributed by atoms with Crippen molar-refractivity contribution in [1.82, 2.24) is 10.2 Å². The third kappa shape index (κ3) is 8.33. The second kappa shape index (κ2) is 15.7. The van der Waals surface area contributed by atoms with E-state index in [9.17, 15) is 18.0 Å². The SMILES string of the molecule is CC[C@H](C(=O)NC1CCCCC1)N(Cc1ccccc1Cl)C(=O)CN(c1cc(C)cc(C)c1)S(=O)(=O)c1ccc(OC)c(OC)c1. The number of methoxy groups -OCH3 is 2. The summed E-state index contributed by atoms with van der Waals surface area (Å²) in [7, 11) is -1.41. The molecule has 4 rings (SSSR count). The molecule has 0 radical (unpaired) electrons. The molecule has 0 unspecified atom stereocenters. The van der Waals surface area contributed by atoms with Gasteiger partial charge in [-0.15, -0.1) is 0 Å². The highest BCUT2D eigenvalue weighted by atomic mass is 35.5. The minimum Gasteiger partial charge on any atom is -0.493 e. The van der Waals surface area contributed by atoms with Crippen molar-refractivity contribution in [1.29, 1.82) is 0 Å². The van der Waals surface area contributed by atoms with Crippen LogP contribution in [-0.4, -0.2) is 58.0 Å². The molecular formula is C35H44ClN3O6S. The molecule has 0 spiro atoms. The second-order valence-corrected chi connectivity index (χ2v) is 14.0. The average Bonchev–Trinajstić information content (AvgIpc) is 3.03. The topological polar surface area (TPSA) is 105 Å². The molecule has 1 aliphatic carbocycles. The number of carbonyl (C=O) groups is 2. The predicted octanol–water partition coefficient (Wildman–Crippen LogP) is 6.43. The van der Waals surface area contributed by atoms with Gasteiger partial charge in [0.25, 0.3) is 10.0 Å². The summed E-state index contributed by atoms with van der Waals surface area (Å²) in [6.45, 7) is 5.07. The first-order chi connectivity index (χ1) is 22.0. The standard InChI is InChI=1S/C35H44ClN3O6S/c1-6-31(35(41)37-27-13-8-7-9-14-27)38(22-26-12-10-11-15-30(26)36)34(40)23-39(28-19-24(2)18-25(3)20-28)46(42,43)29-16-17-32(44-4)33(21-29)45-5/h10-12,15-21,27,31H,6-9,13-14,22-23H2,1-5H3,(H,37,41)/t31-/m1/s1. The third-order valence-corrected chi connectivity index (χ3v) is 10.5. The number of carbonyl (C=O) groups excluding carboxylic acids is 2. The molecule has 1 fully saturated rings. The highest BCUT2D eigenvalue weighted by Gasteiger charge is 2.35. The van der Waals surface area contributed by atoms with Crippen LogP contribution in [0.5, 0.6) is 11.5 Å². The molecule has 3 aromatic carbocycles. The van der Waals surface area contributed by atoms with Crippen molar-refractivity contribution in [2.45, 2.75) is 82.8 Å². The number of aryl methyl sites for hydroxylation is 2. The van der Waals surface area contributed by atoms with Crippen LogP contribution in [0.1, 0.15) is 62.1 Å². The summed E-state index contributed by atoms with van der Waals surface area (Å²) in [4.78, 5) is 29.6. The third-order valence-electron chi connectivity index (χ3n) is 8.35. The van der Waals surface area contributed by atoms with E-state index in [1.165, 1.54) is 37.3 Å². The summed E-state index contributed by atoms with van der Waals surface area (Å²) < 4.78 is 40.6. The predicted molar refractivity (Wildman–Crippen MR) is 181 cm³/mol. The molecule has 248 valence electrons. The van der Waals surface area contributed by atoms with Gasteiger partial charge >= 0.3 is 0 Å². The maximum absolute atomic E-state index is 14.5. The van der Waals surface area contributed by atoms with Crippen LogP contribution >= 0.6 is 11.6 Å². The Balaban J connectivity index is 1.77. The normalized spacial score (nSPS) is 14.3. The van der Waals surface area contributed by atoms with Crippen molar-refractivity contribution in [3.63, 3.8) is 0 Å². The van der Waals surface area contributed by atoms with Crippen LogP contribution in [-0.2, 0) is 26.2 Å². The molecule has 0 bridgehead atoms. The molecule has 3 aromatic rings. The monoisotopic (exact) mass is 669 g/mol. The molecule has 0 aliphatic heterocycles. The number of benzene rings is 3. The number of rotatable bonds is 13. The lowest BCUT2D eigenvalue weighted by Crippen LogP contribution is -2.54. The number of hydrogen-bond acceptors (Lipinski definition) is 6. The molecule has 1 aliphatic rings. The molecule has 2 amide bonds. The molecule has 0 saturated heterocycles. The Kier molecular flexibility index (Phi) is 12.0. The van der Waals surface area contributed by atoms with Gasteiger partial charge in [-0.05, 0) is 80.1 Å². The number of amides is 2. The Hall–Kier alpha value is -3.76. The number of ether oxygens (including phenoxy) is 2. The lowest BCUT2D eigenvalue weighted by atomic mass is 9.95. The summed E-state index contributed by atoms with van der Waals surface area (Å²) in [5.74, 6) is -0.179. The van der Waals surface area contributed by atoms with E-state index in [0.717, 1.165) is 47.5 Å². The van der Waals surface area contributed by atoms with E-state index in [0.29, 0.717) is 28.4 Å². The number of hydrogen-bond donors (Lipinski definition) is 1. The van der Waals surface area contributed by atoms with Gasteiger partial charge in [-0.2, -0.15) is 0 Å². The Bertz CT molecular complexity index is 1620. The van der Waals surface area contributed by atoms with Gasteiger partial charge in [0.15, 0.2) is 11.5 Å². The smallest absolute Gasteiger partial charge is 0.264 e. The van der Waals surface area contributed by atoms with E-state index in [2.05, 4.69) is 5.32 Å². The zero-order valence-electron chi connectivity index (χ0n) is 27.2. The van der Waals surface area contributed by atoms with Gasteiger partial charge in [-0.3, -0.25) is 13.9 Å². The number of nitrogens with zero attached hydrogens (tertiary/aromatic N) is 2. The van der Waals surface area contributed by atoms with Gasteiger partial charge in [-0.25, -0.2) is 8.42 Å². The molecule has 0 heterocycles. The molecule has 46 heavy (non-hydrogen) atoms. The fourth-order valence-corrected chi connectivity index (χ4v) is 7.61. The van der Waals surface area contributed by atoms with Gasteiger partial charge in [-0.1, -0.05) is 62.1 Å². The quantitative estimate of drug-likeness (QED) is 0.225. The molecule has 1 atom stereocenters. The largest absolute Gasteiger partial charge is 0.493 e. The Morgan fingerprint density at radius 1 is 0.935 bits per heavy atom. The van der Waals surface area contributed by atoms with Crippen LogP contribution in [0.4, 0.5) is 5.69 Å². The number of nitrogens with one attached hydrogen (secondary N) is 1. The molecule has 1 N–H and O–H groups in total. The van der Waals surface area contributed by atoms with Crippen LogP contribution in [0.15, 0.2) is 65.6 Å². The molecule has 0 aromatic heterocycles. The molecule has 1 saturated carbocycles. The van der Waals surface area contributed by atoms with Gasteiger partial charge in [0, 0.05) is 23.7 Å². The van der Waals surface area contributed by atoms with Crippen LogP contribution in [0.2, 0.25) is 5.02 Å². The first kappa shape index (κ1) is 35.1. The van der Waals surface area contributed by atoms with E-state index in [4.69, 9.17) is 21.1 Å². The van der Waals surface area contributed by atoms with Crippen molar-refractivity contribution < 1.29 is 27.5 Å². The van der Waals surface area contributed by atoms with E-state index in [1.807, 2.05) is 32.9 Å². The molecule has 11 heteroatoms. The van der Waals surface area contributed by atoms with Crippen LogP contribution in [0, 0.1) is 13.8 Å². The average molecular weight is 670 g/mol. The van der Waals surface area contributed by atoms with E-state index >= 15 is 0 Å². The van der Waals surface area contributed by atoms with Gasteiger partial charge in [0.1, 0.15) is 12.6 Å². The van der Waals surface area contributed by atoms with E-state index < -0.39 is 28.5 Å². The first-order valence-electron chi connectivity index (χ1n) is 15.6. The summed E-state index contributed by atoms with van der Waals surface area (Å²) in [5.41, 5.74) is 2.66. The fraction of sp³-hybridized carbons (Fsp3) is 0.429. The Morgan fingerprint density at radius 2 is 1.59 bits per heavy atom. The van der Waals surface area contributed by atoms with Crippen molar-refractivity contribution in [3.8, 4) is 11.5 Å². The highest BCUT2D eigenvalue weighted by molar-refractivity contribution is 7.92. The maximum atomic E-state index is 14.5. The summed E-state index contributed by atoms with van der Waals surface area (Å²) in [6.07, 6.45) is 5.35. The Labute approximate surface area is 277 Å². The van der Waals surface area contributed by atoms with Crippen LogP contribution < -0.4 is 19.1 Å². The lowest BCUT2D eigenvalue weighted by molar-refractivity contribution is -0.140. The van der Waals surface area contributed by atoms with E-state index in [-0.39, 0.29) is 29.1 Å². The number of halogens is 1. The lowest BCUT2D eigenvalue weighted by Gasteiger charge is -2.34. The van der Waals surface area contributed by atoms with Gasteiger partial charge < -0.3 is 19.7 Å². The highest BCUT2D eigenvalue weighted by Crippen LogP contribution is 2.33. The number of anilines is 1. The summed E-state index contributed by atoms with van der Waals surface area (Å²) in [6, 6.07) is 16.0. The zero-order chi connectivity index (χ0) is 33.4. The minimum atomic E-state index is -4.31. The summed E-state index contributed by atoms with van der Waals surface area (Å²) >= 11 is 6.53. The van der Waals surface area contributed by atoms with Crippen molar-refractivity contribution >= 4 is 39.1 Å². The molecule has 9 nitrogen and oxygen atoms in total. The second-order valence-electron chi connectivity index (χ2n) is 11.8. The van der Waals surface area contributed by atoms with E-state index in [1.54, 1.807) is 30.3 Å². The van der Waals surface area contributed by atoms with Gasteiger partial charge in [0.2, 0.25) is 11.8 Å². The van der Waals surface area contributed by atoms with Crippen molar-refractivity contribution in [2.24, 2.45) is 0 Å². The van der Waals surface area contributed by atoms with Crippen molar-refractivity contribution in [2.75, 3.05) is 25.1 Å². The minimum absolute atomic E-state index is 0.0339. The zero-order valence-corrected chi connectivity index (χ0v) is 28.8. The van der Waals surface area contributed by atoms with Crippen LogP contribution in [0.25, 0.3) is 0 Å². The maximum Gasteiger partial charge on any atom is 0.264 e. The number of sulfonamides is 1.